The van der Waals surface area contributed by atoms with Gasteiger partial charge in [0.25, 0.3) is 0 Å². The molecule has 0 aromatic heterocycles. The lowest BCUT2D eigenvalue weighted by Gasteiger charge is -2.22. The van der Waals surface area contributed by atoms with Crippen LogP contribution in [-0.4, -0.2) is 19.3 Å². The van der Waals surface area contributed by atoms with Gasteiger partial charge >= 0.3 is 0 Å². The van der Waals surface area contributed by atoms with Gasteiger partial charge in [-0.3, -0.25) is 0 Å². The van der Waals surface area contributed by atoms with Crippen LogP contribution in [0, 0.1) is 0 Å². The van der Waals surface area contributed by atoms with E-state index in [1.54, 1.807) is 0 Å². The predicted molar refractivity (Wildman–Crippen MR) is 71.2 cm³/mol. The van der Waals surface area contributed by atoms with Gasteiger partial charge in [-0.25, -0.2) is 0 Å². The van der Waals surface area contributed by atoms with E-state index >= 15 is 0 Å². The topological polar surface area (TPSA) is 21.3 Å². The van der Waals surface area contributed by atoms with Crippen LogP contribution in [0.4, 0.5) is 0 Å². The third-order valence-corrected chi connectivity index (χ3v) is 3.33. The Balaban J connectivity index is 2.09. The molecule has 0 amide bonds. The van der Waals surface area contributed by atoms with Gasteiger partial charge in [0.1, 0.15) is 0 Å². The summed E-state index contributed by atoms with van der Waals surface area (Å²) < 4.78 is 5.98. The zero-order valence-corrected chi connectivity index (χ0v) is 10.9. The molecule has 2 rings (SSSR count). The Morgan fingerprint density at radius 3 is 2.82 bits per heavy atom. The fraction of sp³-hybridized carbons (Fsp3) is 0.600. The quantitative estimate of drug-likeness (QED) is 0.815. The maximum absolute atomic E-state index is 5.98. The maximum Gasteiger partial charge on any atom is 0.0810 e. The van der Waals surface area contributed by atoms with Crippen molar-refractivity contribution in [3.63, 3.8) is 0 Å². The Kier molecular flexibility index (Phi) is 4.57. The Morgan fingerprint density at radius 1 is 1.24 bits per heavy atom. The summed E-state index contributed by atoms with van der Waals surface area (Å²) in [6.07, 6.45) is 3.63. The van der Waals surface area contributed by atoms with Crippen LogP contribution in [-0.2, 0) is 11.2 Å². The molecular formula is C15H23NO. The van der Waals surface area contributed by atoms with Gasteiger partial charge in [-0.05, 0) is 30.5 Å². The van der Waals surface area contributed by atoms with E-state index in [1.807, 2.05) is 0 Å². The second-order valence-corrected chi connectivity index (χ2v) is 4.74. The molecule has 0 bridgehead atoms. The molecule has 0 aliphatic heterocycles. The lowest BCUT2D eigenvalue weighted by atomic mass is 10.1. The number of hydrogen-bond donors (Lipinski definition) is 1. The zero-order chi connectivity index (χ0) is 12.1. The minimum absolute atomic E-state index is 0.318. The van der Waals surface area contributed by atoms with Crippen LogP contribution in [0.25, 0.3) is 0 Å². The molecule has 1 aliphatic carbocycles. The molecular weight excluding hydrogens is 210 g/mol. The maximum atomic E-state index is 5.98. The predicted octanol–water partition coefficient (Wildman–Crippen LogP) is 3.08. The van der Waals surface area contributed by atoms with E-state index in [-0.39, 0.29) is 0 Å². The minimum Gasteiger partial charge on any atom is -0.376 e. The number of fused-ring (bicyclic) bond motifs is 1. The van der Waals surface area contributed by atoms with E-state index in [1.165, 1.54) is 17.5 Å². The van der Waals surface area contributed by atoms with E-state index < -0.39 is 0 Å². The van der Waals surface area contributed by atoms with Crippen LogP contribution in [0.5, 0.6) is 0 Å². The first-order valence-corrected chi connectivity index (χ1v) is 6.79. The fourth-order valence-corrected chi connectivity index (χ4v) is 2.52. The van der Waals surface area contributed by atoms with Crippen molar-refractivity contribution in [2.24, 2.45) is 0 Å². The first kappa shape index (κ1) is 12.6. The molecule has 0 heterocycles. The van der Waals surface area contributed by atoms with Gasteiger partial charge in [-0.2, -0.15) is 0 Å². The zero-order valence-electron chi connectivity index (χ0n) is 10.9. The normalized spacial score (nSPS) is 22.7. The van der Waals surface area contributed by atoms with Gasteiger partial charge in [0.05, 0.1) is 12.1 Å². The Hall–Kier alpha value is -0.860. The van der Waals surface area contributed by atoms with Crippen molar-refractivity contribution in [3.05, 3.63) is 35.4 Å². The summed E-state index contributed by atoms with van der Waals surface area (Å²) in [7, 11) is 0. The number of ether oxygens (including phenoxy) is 1. The van der Waals surface area contributed by atoms with Crippen molar-refractivity contribution in [3.8, 4) is 0 Å². The van der Waals surface area contributed by atoms with Gasteiger partial charge in [0.15, 0.2) is 0 Å². The standard InChI is InChI=1S/C15H23NO/c1-3-9-16-15-13-8-6-5-7-12(13)11-14(15)17-10-4-2/h5-8,14-16H,3-4,9-11H2,1-2H3. The Bertz CT molecular complexity index is 351. The molecule has 94 valence electrons. The molecule has 1 aromatic carbocycles. The summed E-state index contributed by atoms with van der Waals surface area (Å²) >= 11 is 0. The lowest BCUT2D eigenvalue weighted by molar-refractivity contribution is 0.0352. The van der Waals surface area contributed by atoms with Crippen molar-refractivity contribution in [1.29, 1.82) is 0 Å². The van der Waals surface area contributed by atoms with Crippen molar-refractivity contribution >= 4 is 0 Å². The Labute approximate surface area is 104 Å². The Morgan fingerprint density at radius 2 is 2.06 bits per heavy atom. The largest absolute Gasteiger partial charge is 0.376 e. The highest BCUT2D eigenvalue weighted by Gasteiger charge is 2.32. The number of nitrogens with one attached hydrogen (secondary N) is 1. The average Bonchev–Trinajstić information content (AvgIpc) is 2.71. The van der Waals surface area contributed by atoms with Gasteiger partial charge < -0.3 is 10.1 Å². The highest BCUT2D eigenvalue weighted by Crippen LogP contribution is 2.33. The van der Waals surface area contributed by atoms with Crippen LogP contribution in [0.15, 0.2) is 24.3 Å². The summed E-state index contributed by atoms with van der Waals surface area (Å²) in [6.45, 7) is 6.29. The SMILES string of the molecule is CCCNC1c2ccccc2CC1OCCC. The summed E-state index contributed by atoms with van der Waals surface area (Å²) in [5.41, 5.74) is 2.88. The molecule has 2 unspecified atom stereocenters. The van der Waals surface area contributed by atoms with Gasteiger partial charge in [-0.1, -0.05) is 38.1 Å². The van der Waals surface area contributed by atoms with Gasteiger partial charge in [0.2, 0.25) is 0 Å². The summed E-state index contributed by atoms with van der Waals surface area (Å²) in [5, 5.41) is 3.62. The third-order valence-electron chi connectivity index (χ3n) is 3.33. The van der Waals surface area contributed by atoms with Gasteiger partial charge in [0, 0.05) is 13.0 Å². The summed E-state index contributed by atoms with van der Waals surface area (Å²) in [4.78, 5) is 0. The molecule has 1 N–H and O–H groups in total. The smallest absolute Gasteiger partial charge is 0.0810 e. The first-order valence-electron chi connectivity index (χ1n) is 6.79. The minimum atomic E-state index is 0.318. The number of benzene rings is 1. The van der Waals surface area contributed by atoms with Crippen molar-refractivity contribution in [2.45, 2.75) is 45.3 Å². The number of rotatable bonds is 6. The molecule has 2 atom stereocenters. The van der Waals surface area contributed by atoms with Crippen LogP contribution in [0.3, 0.4) is 0 Å². The molecule has 1 aliphatic rings. The molecule has 2 heteroatoms. The molecule has 0 saturated heterocycles. The van der Waals surface area contributed by atoms with Crippen molar-refractivity contribution < 1.29 is 4.74 Å². The average molecular weight is 233 g/mol. The van der Waals surface area contributed by atoms with E-state index in [9.17, 15) is 0 Å². The van der Waals surface area contributed by atoms with Crippen molar-refractivity contribution in [1.82, 2.24) is 5.32 Å². The lowest BCUT2D eigenvalue weighted by Crippen LogP contribution is -2.31. The van der Waals surface area contributed by atoms with E-state index in [4.69, 9.17) is 4.74 Å². The molecule has 0 spiro atoms. The second kappa shape index (κ2) is 6.18. The molecule has 17 heavy (non-hydrogen) atoms. The summed E-state index contributed by atoms with van der Waals surface area (Å²) in [6, 6.07) is 9.10. The van der Waals surface area contributed by atoms with Crippen molar-refractivity contribution in [2.75, 3.05) is 13.2 Å². The van der Waals surface area contributed by atoms with Crippen LogP contribution in [0.2, 0.25) is 0 Å². The van der Waals surface area contributed by atoms with Crippen LogP contribution >= 0.6 is 0 Å². The van der Waals surface area contributed by atoms with E-state index in [0.717, 1.165) is 26.0 Å². The highest BCUT2D eigenvalue weighted by molar-refractivity contribution is 5.36. The van der Waals surface area contributed by atoms with E-state index in [0.29, 0.717) is 12.1 Å². The highest BCUT2D eigenvalue weighted by atomic mass is 16.5. The molecule has 0 fully saturated rings. The third kappa shape index (κ3) is 2.88. The molecule has 2 nitrogen and oxygen atoms in total. The van der Waals surface area contributed by atoms with Crippen LogP contribution < -0.4 is 5.32 Å². The number of hydrogen-bond acceptors (Lipinski definition) is 2. The fourth-order valence-electron chi connectivity index (χ4n) is 2.52. The molecule has 1 aromatic rings. The summed E-state index contributed by atoms with van der Waals surface area (Å²) in [5.74, 6) is 0. The van der Waals surface area contributed by atoms with Gasteiger partial charge in [-0.15, -0.1) is 0 Å². The van der Waals surface area contributed by atoms with Crippen LogP contribution in [0.1, 0.15) is 43.9 Å². The second-order valence-electron chi connectivity index (χ2n) is 4.74. The van der Waals surface area contributed by atoms with E-state index in [2.05, 4.69) is 43.4 Å². The molecule has 0 radical (unpaired) electrons. The molecule has 0 saturated carbocycles. The monoisotopic (exact) mass is 233 g/mol. The first-order chi connectivity index (χ1) is 8.36.